The van der Waals surface area contributed by atoms with Crippen LogP contribution in [0.3, 0.4) is 0 Å². The van der Waals surface area contributed by atoms with Crippen molar-refractivity contribution in [3.05, 3.63) is 33.9 Å². The van der Waals surface area contributed by atoms with E-state index in [9.17, 15) is 32.9 Å². The predicted molar refractivity (Wildman–Crippen MR) is 94.7 cm³/mol. The predicted octanol–water partition coefficient (Wildman–Crippen LogP) is 2.08. The van der Waals surface area contributed by atoms with Gasteiger partial charge < -0.3 is 15.5 Å². The number of carbonyl (C=O) groups excluding carboxylic acids is 2. The highest BCUT2D eigenvalue weighted by atomic mass is 19.4. The van der Waals surface area contributed by atoms with Crippen molar-refractivity contribution in [1.29, 1.82) is 0 Å². The third kappa shape index (κ3) is 5.57. The number of halogens is 3. The number of hydrogen-bond donors (Lipinski definition) is 2. The van der Waals surface area contributed by atoms with Gasteiger partial charge in [0.1, 0.15) is 5.69 Å². The zero-order valence-corrected chi connectivity index (χ0v) is 15.2. The number of piperidine rings is 1. The number of amides is 2. The van der Waals surface area contributed by atoms with E-state index in [1.807, 2.05) is 0 Å². The Morgan fingerprint density at radius 3 is 2.36 bits per heavy atom. The first-order valence-corrected chi connectivity index (χ1v) is 8.72. The van der Waals surface area contributed by atoms with E-state index in [-0.39, 0.29) is 23.4 Å². The van der Waals surface area contributed by atoms with E-state index in [2.05, 4.69) is 10.6 Å². The highest BCUT2D eigenvalue weighted by molar-refractivity contribution is 5.79. The highest BCUT2D eigenvalue weighted by Gasteiger charge is 2.34. The van der Waals surface area contributed by atoms with Crippen LogP contribution in [0.1, 0.15) is 25.3 Å². The summed E-state index contributed by atoms with van der Waals surface area (Å²) >= 11 is 0. The molecule has 1 saturated heterocycles. The van der Waals surface area contributed by atoms with Gasteiger partial charge in [-0.15, -0.1) is 0 Å². The molecule has 1 aliphatic heterocycles. The summed E-state index contributed by atoms with van der Waals surface area (Å²) in [6, 6.07) is 2.47. The fraction of sp³-hybridized carbons (Fsp3) is 0.529. The Kier molecular flexibility index (Phi) is 6.81. The molecular weight excluding hydrogens is 381 g/mol. The largest absolute Gasteiger partial charge is 0.416 e. The number of hydrogen-bond acceptors (Lipinski definition) is 5. The van der Waals surface area contributed by atoms with Crippen molar-refractivity contribution in [2.45, 2.75) is 25.9 Å². The lowest BCUT2D eigenvalue weighted by Crippen LogP contribution is -2.42. The quantitative estimate of drug-likeness (QED) is 0.431. The molecule has 28 heavy (non-hydrogen) atoms. The smallest absolute Gasteiger partial charge is 0.366 e. The number of nitrogens with zero attached hydrogens (tertiary/aromatic N) is 2. The normalized spacial score (nSPS) is 15.2. The van der Waals surface area contributed by atoms with Gasteiger partial charge in [0.15, 0.2) is 0 Å². The molecule has 0 aromatic heterocycles. The van der Waals surface area contributed by atoms with Crippen molar-refractivity contribution < 1.29 is 27.7 Å². The minimum atomic E-state index is -4.66. The molecule has 2 rings (SSSR count). The molecule has 1 aromatic carbocycles. The maximum absolute atomic E-state index is 12.8. The molecule has 8 nitrogen and oxygen atoms in total. The Morgan fingerprint density at radius 2 is 1.82 bits per heavy atom. The van der Waals surface area contributed by atoms with Gasteiger partial charge >= 0.3 is 6.18 Å². The molecule has 1 fully saturated rings. The molecule has 2 amide bonds. The Balaban J connectivity index is 1.98. The molecular formula is C17H21F3N4O4. The van der Waals surface area contributed by atoms with Gasteiger partial charge in [-0.1, -0.05) is 0 Å². The summed E-state index contributed by atoms with van der Waals surface area (Å²) < 4.78 is 38.4. The Morgan fingerprint density at radius 1 is 1.21 bits per heavy atom. The van der Waals surface area contributed by atoms with Gasteiger partial charge in [0, 0.05) is 45.1 Å². The lowest BCUT2D eigenvalue weighted by atomic mass is 9.95. The van der Waals surface area contributed by atoms with E-state index in [0.29, 0.717) is 45.1 Å². The van der Waals surface area contributed by atoms with Crippen LogP contribution in [-0.4, -0.2) is 42.9 Å². The standard InChI is InChI=1S/C17H21F3N4O4/c1-11(25)21-6-7-22-16(26)12-4-8-23(9-5-12)14-3-2-13(17(18,19)20)10-15(14)24(27)28/h2-3,10,12H,4-9H2,1H3,(H,21,25)(H,22,26). The third-order valence-corrected chi connectivity index (χ3v) is 4.50. The second kappa shape index (κ2) is 8.89. The number of carbonyl (C=O) groups is 2. The molecule has 1 aliphatic rings. The average Bonchev–Trinajstić information content (AvgIpc) is 2.63. The SMILES string of the molecule is CC(=O)NCCNC(=O)C1CCN(c2ccc(C(F)(F)F)cc2[N+](=O)[O-])CC1. The van der Waals surface area contributed by atoms with E-state index in [0.717, 1.165) is 12.1 Å². The van der Waals surface area contributed by atoms with Crippen LogP contribution in [0, 0.1) is 16.0 Å². The zero-order chi connectivity index (χ0) is 20.9. The summed E-state index contributed by atoms with van der Waals surface area (Å²) in [6.45, 7) is 2.62. The molecule has 0 aliphatic carbocycles. The first-order chi connectivity index (χ1) is 13.1. The number of alkyl halides is 3. The Hall–Kier alpha value is -2.85. The van der Waals surface area contributed by atoms with Gasteiger partial charge in [0.05, 0.1) is 10.5 Å². The van der Waals surface area contributed by atoms with Crippen LogP contribution in [0.15, 0.2) is 18.2 Å². The fourth-order valence-electron chi connectivity index (χ4n) is 3.06. The van der Waals surface area contributed by atoms with Crippen molar-refractivity contribution in [3.63, 3.8) is 0 Å². The van der Waals surface area contributed by atoms with Crippen LogP contribution < -0.4 is 15.5 Å². The van der Waals surface area contributed by atoms with Crippen LogP contribution in [-0.2, 0) is 15.8 Å². The maximum atomic E-state index is 12.8. The highest BCUT2D eigenvalue weighted by Crippen LogP contribution is 2.37. The van der Waals surface area contributed by atoms with Crippen molar-refractivity contribution in [3.8, 4) is 0 Å². The topological polar surface area (TPSA) is 105 Å². The fourth-order valence-corrected chi connectivity index (χ4v) is 3.06. The van der Waals surface area contributed by atoms with Crippen molar-refractivity contribution in [1.82, 2.24) is 10.6 Å². The molecule has 11 heteroatoms. The van der Waals surface area contributed by atoms with Gasteiger partial charge in [0.2, 0.25) is 11.8 Å². The van der Waals surface area contributed by atoms with Crippen LogP contribution in [0.25, 0.3) is 0 Å². The molecule has 0 bridgehead atoms. The van der Waals surface area contributed by atoms with E-state index in [1.165, 1.54) is 6.92 Å². The molecule has 0 unspecified atom stereocenters. The second-order valence-corrected chi connectivity index (χ2v) is 6.49. The molecule has 1 aromatic rings. The zero-order valence-electron chi connectivity index (χ0n) is 15.2. The van der Waals surface area contributed by atoms with Gasteiger partial charge in [-0.25, -0.2) is 0 Å². The van der Waals surface area contributed by atoms with E-state index >= 15 is 0 Å². The number of nitro benzene ring substituents is 1. The van der Waals surface area contributed by atoms with Crippen LogP contribution >= 0.6 is 0 Å². The van der Waals surface area contributed by atoms with Crippen LogP contribution in [0.2, 0.25) is 0 Å². The van der Waals surface area contributed by atoms with Crippen LogP contribution in [0.5, 0.6) is 0 Å². The lowest BCUT2D eigenvalue weighted by Gasteiger charge is -2.32. The lowest BCUT2D eigenvalue weighted by molar-refractivity contribution is -0.384. The van der Waals surface area contributed by atoms with E-state index in [1.54, 1.807) is 4.90 Å². The molecule has 2 N–H and O–H groups in total. The second-order valence-electron chi connectivity index (χ2n) is 6.49. The maximum Gasteiger partial charge on any atom is 0.416 e. The van der Waals surface area contributed by atoms with Gasteiger partial charge in [-0.2, -0.15) is 13.2 Å². The Labute approximate surface area is 159 Å². The van der Waals surface area contributed by atoms with E-state index in [4.69, 9.17) is 0 Å². The first kappa shape index (κ1) is 21.5. The molecule has 0 spiro atoms. The number of anilines is 1. The third-order valence-electron chi connectivity index (χ3n) is 4.50. The summed E-state index contributed by atoms with van der Waals surface area (Å²) in [5.74, 6) is -0.658. The molecule has 0 atom stereocenters. The summed E-state index contributed by atoms with van der Waals surface area (Å²) in [6.07, 6.45) is -3.82. The molecule has 0 radical (unpaired) electrons. The minimum Gasteiger partial charge on any atom is -0.366 e. The Bertz CT molecular complexity index is 746. The summed E-state index contributed by atoms with van der Waals surface area (Å²) in [5, 5.41) is 16.5. The summed E-state index contributed by atoms with van der Waals surface area (Å²) in [4.78, 5) is 34.9. The molecule has 0 saturated carbocycles. The summed E-state index contributed by atoms with van der Waals surface area (Å²) in [7, 11) is 0. The van der Waals surface area contributed by atoms with Crippen molar-refractivity contribution in [2.75, 3.05) is 31.1 Å². The number of nitrogens with one attached hydrogen (secondary N) is 2. The number of benzene rings is 1. The average molecular weight is 402 g/mol. The van der Waals surface area contributed by atoms with Crippen LogP contribution in [0.4, 0.5) is 24.5 Å². The van der Waals surface area contributed by atoms with Gasteiger partial charge in [-0.05, 0) is 25.0 Å². The van der Waals surface area contributed by atoms with Gasteiger partial charge in [-0.3, -0.25) is 19.7 Å². The number of rotatable bonds is 6. The number of nitro groups is 1. The monoisotopic (exact) mass is 402 g/mol. The minimum absolute atomic E-state index is 0.113. The molecule has 1 heterocycles. The van der Waals surface area contributed by atoms with E-state index < -0.39 is 22.4 Å². The first-order valence-electron chi connectivity index (χ1n) is 8.72. The van der Waals surface area contributed by atoms with Crippen molar-refractivity contribution in [2.24, 2.45) is 5.92 Å². The van der Waals surface area contributed by atoms with Gasteiger partial charge in [0.25, 0.3) is 5.69 Å². The molecule has 154 valence electrons. The van der Waals surface area contributed by atoms with Crippen molar-refractivity contribution >= 4 is 23.2 Å². The summed E-state index contributed by atoms with van der Waals surface area (Å²) in [5.41, 5.74) is -1.56.